The Morgan fingerprint density at radius 3 is 2.92 bits per heavy atom. The fraction of sp³-hybridized carbons (Fsp3) is 0.125. The van der Waals surface area contributed by atoms with Crippen molar-refractivity contribution in [1.29, 1.82) is 0 Å². The molecule has 0 aliphatic rings. The molecule has 4 aromatic rings. The normalized spacial score (nSPS) is 12.0. The van der Waals surface area contributed by atoms with Crippen LogP contribution >= 0.6 is 22.7 Å². The molecule has 4 aromatic heterocycles. The van der Waals surface area contributed by atoms with Gasteiger partial charge in [0, 0.05) is 11.6 Å². The first-order valence-corrected chi connectivity index (χ1v) is 9.53. The fourth-order valence-corrected chi connectivity index (χ4v) is 3.88. The lowest BCUT2D eigenvalue weighted by atomic mass is 10.1. The van der Waals surface area contributed by atoms with Crippen molar-refractivity contribution < 1.29 is 4.79 Å². The number of hydrogen-bond donors (Lipinski definition) is 1. The third kappa shape index (κ3) is 3.65. The second-order valence-electron chi connectivity index (χ2n) is 5.37. The maximum absolute atomic E-state index is 12.5. The number of amides is 1. The van der Waals surface area contributed by atoms with Gasteiger partial charge in [-0.05, 0) is 44.9 Å². The van der Waals surface area contributed by atoms with Crippen LogP contribution in [-0.4, -0.2) is 36.1 Å². The summed E-state index contributed by atoms with van der Waals surface area (Å²) < 4.78 is 1.59. The summed E-state index contributed by atoms with van der Waals surface area (Å²) in [6.07, 6.45) is 3.43. The van der Waals surface area contributed by atoms with Gasteiger partial charge in [-0.3, -0.25) is 9.78 Å². The maximum Gasteiger partial charge on any atom is 0.228 e. The molecular weight excluding hydrogens is 370 g/mol. The Morgan fingerprint density at radius 1 is 1.23 bits per heavy atom. The molecule has 0 fully saturated rings. The second kappa shape index (κ2) is 7.50. The summed E-state index contributed by atoms with van der Waals surface area (Å²) in [4.78, 5) is 21.2. The number of tetrazole rings is 1. The van der Waals surface area contributed by atoms with E-state index in [0.717, 1.165) is 17.0 Å². The Morgan fingerprint density at radius 2 is 2.19 bits per heavy atom. The molecule has 1 N–H and O–H groups in total. The van der Waals surface area contributed by atoms with Crippen LogP contribution in [0, 0.1) is 0 Å². The van der Waals surface area contributed by atoms with Gasteiger partial charge >= 0.3 is 0 Å². The van der Waals surface area contributed by atoms with E-state index in [4.69, 9.17) is 0 Å². The molecule has 8 nitrogen and oxygen atoms in total. The van der Waals surface area contributed by atoms with Crippen molar-refractivity contribution >= 4 is 33.7 Å². The highest BCUT2D eigenvalue weighted by Crippen LogP contribution is 2.26. The van der Waals surface area contributed by atoms with Crippen LogP contribution in [0.25, 0.3) is 11.4 Å². The van der Waals surface area contributed by atoms with E-state index in [1.807, 2.05) is 40.4 Å². The molecule has 10 heteroatoms. The molecule has 1 atom stereocenters. The molecule has 0 aromatic carbocycles. The van der Waals surface area contributed by atoms with Gasteiger partial charge in [0.25, 0.3) is 0 Å². The molecule has 0 radical (unpaired) electrons. The van der Waals surface area contributed by atoms with Crippen molar-refractivity contribution in [3.05, 3.63) is 58.5 Å². The molecule has 0 bridgehead atoms. The number of pyridine rings is 1. The number of anilines is 1. The predicted octanol–water partition coefficient (Wildman–Crippen LogP) is 2.87. The van der Waals surface area contributed by atoms with Gasteiger partial charge in [0.2, 0.25) is 5.91 Å². The van der Waals surface area contributed by atoms with Crippen molar-refractivity contribution in [3.63, 3.8) is 0 Å². The highest BCUT2D eigenvalue weighted by atomic mass is 32.1. The molecule has 1 unspecified atom stereocenters. The Kier molecular flexibility index (Phi) is 4.75. The first-order valence-electron chi connectivity index (χ1n) is 7.71. The Balaban J connectivity index is 1.47. The quantitative estimate of drug-likeness (QED) is 0.550. The van der Waals surface area contributed by atoms with E-state index in [0.29, 0.717) is 5.13 Å². The SMILES string of the molecule is O=C(CC(c1ccsc1)n1cnnn1)Nc1nc(-c2ccccn2)cs1. The zero-order valence-corrected chi connectivity index (χ0v) is 15.0. The molecule has 130 valence electrons. The lowest BCUT2D eigenvalue weighted by Gasteiger charge is -2.14. The van der Waals surface area contributed by atoms with E-state index in [1.165, 1.54) is 17.7 Å². The van der Waals surface area contributed by atoms with E-state index in [-0.39, 0.29) is 18.4 Å². The number of thiophene rings is 1. The third-order valence-electron chi connectivity index (χ3n) is 3.67. The van der Waals surface area contributed by atoms with Crippen LogP contribution in [0.2, 0.25) is 0 Å². The van der Waals surface area contributed by atoms with Crippen LogP contribution in [-0.2, 0) is 4.79 Å². The van der Waals surface area contributed by atoms with Gasteiger partial charge in [-0.2, -0.15) is 11.3 Å². The van der Waals surface area contributed by atoms with Gasteiger partial charge in [0.05, 0.1) is 18.2 Å². The van der Waals surface area contributed by atoms with Crippen LogP contribution in [0.5, 0.6) is 0 Å². The summed E-state index contributed by atoms with van der Waals surface area (Å²) in [5.74, 6) is -0.154. The van der Waals surface area contributed by atoms with Crippen LogP contribution in [0.15, 0.2) is 52.9 Å². The maximum atomic E-state index is 12.5. The molecule has 0 aliphatic heterocycles. The van der Waals surface area contributed by atoms with Crippen molar-refractivity contribution in [2.24, 2.45) is 0 Å². The summed E-state index contributed by atoms with van der Waals surface area (Å²) in [5.41, 5.74) is 2.50. The van der Waals surface area contributed by atoms with Gasteiger partial charge < -0.3 is 5.32 Å². The summed E-state index contributed by atoms with van der Waals surface area (Å²) >= 11 is 2.93. The van der Waals surface area contributed by atoms with Gasteiger partial charge in [-0.1, -0.05) is 6.07 Å². The first-order chi connectivity index (χ1) is 12.8. The van der Waals surface area contributed by atoms with Crippen molar-refractivity contribution in [2.45, 2.75) is 12.5 Å². The lowest BCUT2D eigenvalue weighted by molar-refractivity contribution is -0.116. The van der Waals surface area contributed by atoms with Gasteiger partial charge in [0.1, 0.15) is 12.0 Å². The Labute approximate surface area is 156 Å². The zero-order chi connectivity index (χ0) is 17.8. The monoisotopic (exact) mass is 383 g/mol. The van der Waals surface area contributed by atoms with E-state index >= 15 is 0 Å². The second-order valence-corrected chi connectivity index (χ2v) is 7.01. The lowest BCUT2D eigenvalue weighted by Crippen LogP contribution is -2.20. The molecule has 0 aliphatic carbocycles. The number of nitrogens with zero attached hydrogens (tertiary/aromatic N) is 6. The standard InChI is InChI=1S/C16H13N7OS2/c24-15(7-14(11-4-6-25-8-11)23-10-18-21-22-23)20-16-19-13(9-26-16)12-3-1-2-5-17-12/h1-6,8-10,14H,7H2,(H,19,20,24). The molecule has 1 amide bonds. The molecular formula is C16H13N7OS2. The highest BCUT2D eigenvalue weighted by molar-refractivity contribution is 7.14. The number of thiazole rings is 1. The van der Waals surface area contributed by atoms with Crippen molar-refractivity contribution in [1.82, 2.24) is 30.2 Å². The van der Waals surface area contributed by atoms with E-state index in [2.05, 4.69) is 30.8 Å². The summed E-state index contributed by atoms with van der Waals surface area (Å²) in [5, 5.41) is 20.5. The highest BCUT2D eigenvalue weighted by Gasteiger charge is 2.20. The topological polar surface area (TPSA) is 98.5 Å². The Hall–Kier alpha value is -2.98. The summed E-state index contributed by atoms with van der Waals surface area (Å²) in [6.45, 7) is 0. The van der Waals surface area contributed by atoms with Crippen LogP contribution in [0.4, 0.5) is 5.13 Å². The number of carbonyl (C=O) groups is 1. The number of carbonyl (C=O) groups excluding carboxylic acids is 1. The Bertz CT molecular complexity index is 933. The molecule has 0 saturated carbocycles. The summed E-state index contributed by atoms with van der Waals surface area (Å²) in [7, 11) is 0. The molecule has 4 rings (SSSR count). The first kappa shape index (κ1) is 16.5. The minimum atomic E-state index is -0.258. The van der Waals surface area contributed by atoms with Gasteiger partial charge in [-0.15, -0.1) is 16.4 Å². The molecule has 26 heavy (non-hydrogen) atoms. The van der Waals surface area contributed by atoms with E-state index in [1.54, 1.807) is 22.2 Å². The number of aromatic nitrogens is 6. The fourth-order valence-electron chi connectivity index (χ4n) is 2.45. The molecule has 0 saturated heterocycles. The van der Waals surface area contributed by atoms with E-state index < -0.39 is 0 Å². The van der Waals surface area contributed by atoms with Gasteiger partial charge in [0.15, 0.2) is 5.13 Å². The average Bonchev–Trinajstić information content (AvgIpc) is 3.42. The van der Waals surface area contributed by atoms with E-state index in [9.17, 15) is 4.79 Å². The smallest absolute Gasteiger partial charge is 0.228 e. The minimum Gasteiger partial charge on any atom is -0.302 e. The zero-order valence-electron chi connectivity index (χ0n) is 13.4. The number of rotatable bonds is 6. The van der Waals surface area contributed by atoms with Crippen LogP contribution < -0.4 is 5.32 Å². The molecule has 4 heterocycles. The minimum absolute atomic E-state index is 0.154. The number of hydrogen-bond acceptors (Lipinski definition) is 8. The molecule has 0 spiro atoms. The predicted molar refractivity (Wildman–Crippen MR) is 98.9 cm³/mol. The van der Waals surface area contributed by atoms with Gasteiger partial charge in [-0.25, -0.2) is 9.67 Å². The van der Waals surface area contributed by atoms with Crippen molar-refractivity contribution in [3.8, 4) is 11.4 Å². The number of nitrogens with one attached hydrogen (secondary N) is 1. The van der Waals surface area contributed by atoms with Crippen LogP contribution in [0.3, 0.4) is 0 Å². The third-order valence-corrected chi connectivity index (χ3v) is 5.13. The average molecular weight is 383 g/mol. The largest absolute Gasteiger partial charge is 0.302 e. The summed E-state index contributed by atoms with van der Waals surface area (Å²) in [6, 6.07) is 7.34. The van der Waals surface area contributed by atoms with Crippen LogP contribution in [0.1, 0.15) is 18.0 Å². The van der Waals surface area contributed by atoms with Crippen molar-refractivity contribution in [2.75, 3.05) is 5.32 Å².